The van der Waals surface area contributed by atoms with Crippen LogP contribution in [0.3, 0.4) is 0 Å². The van der Waals surface area contributed by atoms with Crippen molar-refractivity contribution in [3.05, 3.63) is 96.9 Å². The summed E-state index contributed by atoms with van der Waals surface area (Å²) in [6, 6.07) is 26.2. The van der Waals surface area contributed by atoms with Gasteiger partial charge in [-0.15, -0.1) is 0 Å². The molecule has 0 radical (unpaired) electrons. The average Bonchev–Trinajstić information content (AvgIpc) is 3.25. The van der Waals surface area contributed by atoms with Crippen LogP contribution in [0.5, 0.6) is 11.5 Å². The van der Waals surface area contributed by atoms with Gasteiger partial charge in [0, 0.05) is 24.2 Å². The Hall–Kier alpha value is -4.06. The van der Waals surface area contributed by atoms with Crippen LogP contribution in [0, 0.1) is 0 Å². The number of benzene rings is 3. The molecule has 0 saturated carbocycles. The van der Waals surface area contributed by atoms with E-state index in [0.717, 1.165) is 17.0 Å². The minimum absolute atomic E-state index is 0.279. The molecule has 6 nitrogen and oxygen atoms in total. The minimum atomic E-state index is -0.279. The Kier molecular flexibility index (Phi) is 6.05. The van der Waals surface area contributed by atoms with E-state index < -0.39 is 0 Å². The van der Waals surface area contributed by atoms with Gasteiger partial charge in [0.2, 0.25) is 5.89 Å². The zero-order chi connectivity index (χ0) is 20.6. The van der Waals surface area contributed by atoms with E-state index in [-0.39, 0.29) is 6.03 Å². The molecule has 4 rings (SSSR count). The molecule has 0 unspecified atom stereocenters. The van der Waals surface area contributed by atoms with E-state index in [4.69, 9.17) is 9.15 Å². The van der Waals surface area contributed by atoms with Crippen molar-refractivity contribution in [1.82, 2.24) is 10.3 Å². The Morgan fingerprint density at radius 2 is 1.53 bits per heavy atom. The SMILES string of the molecule is O=C(NCCc1coc(-c2ccccc2)n1)Nc1ccc(Oc2ccccc2)cc1. The highest BCUT2D eigenvalue weighted by molar-refractivity contribution is 5.89. The molecular formula is C24H21N3O3. The quantitative estimate of drug-likeness (QED) is 0.430. The summed E-state index contributed by atoms with van der Waals surface area (Å²) >= 11 is 0. The first-order valence-electron chi connectivity index (χ1n) is 9.64. The molecule has 0 spiro atoms. The maximum atomic E-state index is 12.1. The Labute approximate surface area is 174 Å². The Morgan fingerprint density at radius 1 is 0.867 bits per heavy atom. The summed E-state index contributed by atoms with van der Waals surface area (Å²) < 4.78 is 11.2. The van der Waals surface area contributed by atoms with Crippen molar-refractivity contribution < 1.29 is 13.9 Å². The maximum Gasteiger partial charge on any atom is 0.319 e. The smallest absolute Gasteiger partial charge is 0.319 e. The third-order valence-corrected chi connectivity index (χ3v) is 4.33. The zero-order valence-corrected chi connectivity index (χ0v) is 16.2. The number of nitrogens with one attached hydrogen (secondary N) is 2. The topological polar surface area (TPSA) is 76.4 Å². The summed E-state index contributed by atoms with van der Waals surface area (Å²) in [6.07, 6.45) is 2.20. The highest BCUT2D eigenvalue weighted by Gasteiger charge is 2.07. The van der Waals surface area contributed by atoms with Crippen LogP contribution < -0.4 is 15.4 Å². The Morgan fingerprint density at radius 3 is 2.27 bits per heavy atom. The van der Waals surface area contributed by atoms with E-state index in [1.54, 1.807) is 18.4 Å². The number of oxazole rings is 1. The number of urea groups is 1. The molecule has 0 fully saturated rings. The van der Waals surface area contributed by atoms with Crippen LogP contribution in [0.1, 0.15) is 5.69 Å². The summed E-state index contributed by atoms with van der Waals surface area (Å²) in [5.41, 5.74) is 2.39. The van der Waals surface area contributed by atoms with Gasteiger partial charge >= 0.3 is 6.03 Å². The van der Waals surface area contributed by atoms with Crippen molar-refractivity contribution in [2.45, 2.75) is 6.42 Å². The number of hydrogen-bond acceptors (Lipinski definition) is 4. The molecule has 2 N–H and O–H groups in total. The van der Waals surface area contributed by atoms with Gasteiger partial charge in [0.1, 0.15) is 17.8 Å². The fourth-order valence-corrected chi connectivity index (χ4v) is 2.85. The summed E-state index contributed by atoms with van der Waals surface area (Å²) in [5, 5.41) is 5.62. The first-order chi connectivity index (χ1) is 14.8. The number of amides is 2. The fourth-order valence-electron chi connectivity index (χ4n) is 2.85. The molecule has 0 bridgehead atoms. The van der Waals surface area contributed by atoms with Crippen LogP contribution in [0.2, 0.25) is 0 Å². The normalized spacial score (nSPS) is 10.4. The third kappa shape index (κ3) is 5.26. The first kappa shape index (κ1) is 19.3. The van der Waals surface area contributed by atoms with Gasteiger partial charge in [-0.3, -0.25) is 0 Å². The molecular weight excluding hydrogens is 378 g/mol. The molecule has 0 saturated heterocycles. The van der Waals surface area contributed by atoms with Crippen molar-refractivity contribution in [3.63, 3.8) is 0 Å². The number of hydrogen-bond donors (Lipinski definition) is 2. The van der Waals surface area contributed by atoms with Crippen LogP contribution in [-0.2, 0) is 6.42 Å². The average molecular weight is 399 g/mol. The molecule has 3 aromatic carbocycles. The maximum absolute atomic E-state index is 12.1. The molecule has 30 heavy (non-hydrogen) atoms. The number of rotatable bonds is 7. The highest BCUT2D eigenvalue weighted by atomic mass is 16.5. The standard InChI is InChI=1S/C24H21N3O3/c28-24(25-16-15-20-17-29-23(26-20)18-7-3-1-4-8-18)27-19-11-13-22(14-12-19)30-21-9-5-2-6-10-21/h1-14,17H,15-16H2,(H2,25,27,28). The lowest BCUT2D eigenvalue weighted by Gasteiger charge is -2.09. The summed E-state index contributed by atoms with van der Waals surface area (Å²) in [4.78, 5) is 16.6. The van der Waals surface area contributed by atoms with Gasteiger partial charge in [-0.05, 0) is 48.5 Å². The lowest BCUT2D eigenvalue weighted by molar-refractivity contribution is 0.252. The highest BCUT2D eigenvalue weighted by Crippen LogP contribution is 2.22. The van der Waals surface area contributed by atoms with Crippen LogP contribution >= 0.6 is 0 Å². The van der Waals surface area contributed by atoms with Crippen molar-refractivity contribution in [2.24, 2.45) is 0 Å². The Balaban J connectivity index is 1.23. The monoisotopic (exact) mass is 399 g/mol. The molecule has 0 atom stereocenters. The van der Waals surface area contributed by atoms with Crippen molar-refractivity contribution in [1.29, 1.82) is 0 Å². The van der Waals surface area contributed by atoms with E-state index in [0.29, 0.717) is 30.3 Å². The van der Waals surface area contributed by atoms with Crippen molar-refractivity contribution in [2.75, 3.05) is 11.9 Å². The van der Waals surface area contributed by atoms with E-state index in [2.05, 4.69) is 15.6 Å². The van der Waals surface area contributed by atoms with E-state index in [1.165, 1.54) is 0 Å². The van der Waals surface area contributed by atoms with Crippen LogP contribution in [0.15, 0.2) is 95.6 Å². The van der Waals surface area contributed by atoms with Gasteiger partial charge < -0.3 is 19.8 Å². The molecule has 0 aliphatic heterocycles. The summed E-state index contributed by atoms with van der Waals surface area (Å²) in [5.74, 6) is 2.04. The van der Waals surface area contributed by atoms with Gasteiger partial charge in [0.25, 0.3) is 0 Å². The lowest BCUT2D eigenvalue weighted by atomic mass is 10.2. The number of anilines is 1. The van der Waals surface area contributed by atoms with Crippen LogP contribution in [-0.4, -0.2) is 17.6 Å². The fraction of sp³-hybridized carbons (Fsp3) is 0.0833. The number of nitrogens with zero attached hydrogens (tertiary/aromatic N) is 1. The summed E-state index contributed by atoms with van der Waals surface area (Å²) in [6.45, 7) is 0.446. The second kappa shape index (κ2) is 9.43. The predicted octanol–water partition coefficient (Wildman–Crippen LogP) is 5.50. The molecule has 6 heteroatoms. The third-order valence-electron chi connectivity index (χ3n) is 4.33. The van der Waals surface area contributed by atoms with E-state index in [1.807, 2.05) is 72.8 Å². The molecule has 0 aliphatic carbocycles. The van der Waals surface area contributed by atoms with Gasteiger partial charge in [0.15, 0.2) is 0 Å². The lowest BCUT2D eigenvalue weighted by Crippen LogP contribution is -2.30. The van der Waals surface area contributed by atoms with Crippen molar-refractivity contribution >= 4 is 11.7 Å². The largest absolute Gasteiger partial charge is 0.457 e. The van der Waals surface area contributed by atoms with Gasteiger partial charge in [-0.2, -0.15) is 0 Å². The number of para-hydroxylation sites is 1. The Bertz CT molecular complexity index is 1080. The second-order valence-electron chi connectivity index (χ2n) is 6.58. The van der Waals surface area contributed by atoms with Gasteiger partial charge in [-0.25, -0.2) is 9.78 Å². The van der Waals surface area contributed by atoms with E-state index >= 15 is 0 Å². The van der Waals surface area contributed by atoms with Crippen LogP contribution in [0.4, 0.5) is 10.5 Å². The molecule has 4 aromatic rings. The zero-order valence-electron chi connectivity index (χ0n) is 16.2. The van der Waals surface area contributed by atoms with Crippen LogP contribution in [0.25, 0.3) is 11.5 Å². The molecule has 1 aromatic heterocycles. The van der Waals surface area contributed by atoms with Crippen molar-refractivity contribution in [3.8, 4) is 23.0 Å². The first-order valence-corrected chi connectivity index (χ1v) is 9.64. The number of aromatic nitrogens is 1. The van der Waals surface area contributed by atoms with Gasteiger partial charge in [-0.1, -0.05) is 36.4 Å². The molecule has 0 aliphatic rings. The molecule has 2 amide bonds. The summed E-state index contributed by atoms with van der Waals surface area (Å²) in [7, 11) is 0. The number of carbonyl (C=O) groups is 1. The predicted molar refractivity (Wildman–Crippen MR) is 116 cm³/mol. The second-order valence-corrected chi connectivity index (χ2v) is 6.58. The van der Waals surface area contributed by atoms with Gasteiger partial charge in [0.05, 0.1) is 5.69 Å². The van der Waals surface area contributed by atoms with E-state index in [9.17, 15) is 4.79 Å². The number of carbonyl (C=O) groups excluding carboxylic acids is 1. The molecule has 1 heterocycles. The molecule has 150 valence electrons. The minimum Gasteiger partial charge on any atom is -0.457 e. The number of ether oxygens (including phenoxy) is 1.